The van der Waals surface area contributed by atoms with Crippen molar-refractivity contribution >= 4 is 45.3 Å². The van der Waals surface area contributed by atoms with Crippen LogP contribution in [0.1, 0.15) is 29.7 Å². The van der Waals surface area contributed by atoms with Gasteiger partial charge in [0, 0.05) is 62.1 Å². The number of hydrogen-bond donors (Lipinski definition) is 1. The highest BCUT2D eigenvalue weighted by Crippen LogP contribution is 2.55. The maximum Gasteiger partial charge on any atom is 0.0679 e. The molecule has 2 heterocycles. The van der Waals surface area contributed by atoms with Gasteiger partial charge in [-0.1, -0.05) is 195 Å². The summed E-state index contributed by atoms with van der Waals surface area (Å²) < 4.78 is 2.56. The smallest absolute Gasteiger partial charge is 0.0679 e. The predicted molar refractivity (Wildman–Crippen MR) is 295 cm³/mol. The molecular formula is C67H49N3. The van der Waals surface area contributed by atoms with Gasteiger partial charge in [-0.15, -0.1) is 0 Å². The van der Waals surface area contributed by atoms with E-state index in [1.807, 2.05) is 0 Å². The number of para-hydroxylation sites is 1. The Morgan fingerprint density at radius 2 is 0.914 bits per heavy atom. The van der Waals surface area contributed by atoms with E-state index in [4.69, 9.17) is 0 Å². The van der Waals surface area contributed by atoms with Gasteiger partial charge in [-0.25, -0.2) is 0 Å². The summed E-state index contributed by atoms with van der Waals surface area (Å²) in [4.78, 5) is 2.59. The van der Waals surface area contributed by atoms with Gasteiger partial charge in [-0.2, -0.15) is 0 Å². The van der Waals surface area contributed by atoms with Crippen LogP contribution in [0.15, 0.2) is 255 Å². The second kappa shape index (κ2) is 17.3. The van der Waals surface area contributed by atoms with Crippen LogP contribution in [-0.4, -0.2) is 10.6 Å². The van der Waals surface area contributed by atoms with Crippen molar-refractivity contribution in [3.05, 3.63) is 272 Å². The van der Waals surface area contributed by atoms with Crippen molar-refractivity contribution < 1.29 is 0 Å². The molecule has 0 saturated carbocycles. The number of nitrogens with zero attached hydrogens (tertiary/aromatic N) is 2. The van der Waals surface area contributed by atoms with Crippen LogP contribution in [0, 0.1) is 0 Å². The Hall–Kier alpha value is -8.92. The van der Waals surface area contributed by atoms with Crippen LogP contribution in [0.4, 0.5) is 22.7 Å². The molecule has 0 radical (unpaired) electrons. The summed E-state index contributed by atoms with van der Waals surface area (Å²) in [5.74, 6) is 0.128. The van der Waals surface area contributed by atoms with Crippen molar-refractivity contribution in [3.8, 4) is 61.3 Å². The van der Waals surface area contributed by atoms with Crippen molar-refractivity contribution in [2.45, 2.75) is 18.9 Å². The van der Waals surface area contributed by atoms with Crippen molar-refractivity contribution in [3.63, 3.8) is 0 Å². The Morgan fingerprint density at radius 3 is 1.61 bits per heavy atom. The molecular weight excluding hydrogens is 847 g/mol. The second-order valence-corrected chi connectivity index (χ2v) is 18.6. The lowest BCUT2D eigenvalue weighted by molar-refractivity contribution is 0.640. The van der Waals surface area contributed by atoms with Crippen molar-refractivity contribution in [1.29, 1.82) is 0 Å². The maximum atomic E-state index is 3.81. The molecule has 10 aromatic carbocycles. The Morgan fingerprint density at radius 1 is 0.386 bits per heavy atom. The Bertz CT molecular complexity index is 3740. The largest absolute Gasteiger partial charge is 0.355 e. The highest BCUT2D eigenvalue weighted by molar-refractivity contribution is 6.07. The molecule has 13 rings (SSSR count). The zero-order valence-electron chi connectivity index (χ0n) is 38.9. The minimum Gasteiger partial charge on any atom is -0.355 e. The molecule has 11 aromatic rings. The summed E-state index contributed by atoms with van der Waals surface area (Å²) in [5.41, 5.74) is 24.1. The van der Waals surface area contributed by atoms with Gasteiger partial charge in [0.05, 0.1) is 11.6 Å². The van der Waals surface area contributed by atoms with Gasteiger partial charge < -0.3 is 14.8 Å². The minimum absolute atomic E-state index is 0.0918. The number of rotatable bonds is 9. The molecule has 0 bridgehead atoms. The van der Waals surface area contributed by atoms with Gasteiger partial charge in [0.25, 0.3) is 0 Å². The summed E-state index contributed by atoms with van der Waals surface area (Å²) in [6.07, 6.45) is 2.52. The molecule has 1 N–H and O–H groups in total. The molecule has 3 nitrogen and oxygen atoms in total. The highest BCUT2D eigenvalue weighted by Gasteiger charge is 2.43. The molecule has 0 amide bonds. The summed E-state index contributed by atoms with van der Waals surface area (Å²) in [5, 5.41) is 5.06. The fraction of sp³-hybridized carbons (Fsp3) is 0.0448. The third-order valence-corrected chi connectivity index (χ3v) is 14.5. The fourth-order valence-electron chi connectivity index (χ4n) is 11.2. The average molecular weight is 896 g/mol. The second-order valence-electron chi connectivity index (χ2n) is 18.6. The van der Waals surface area contributed by atoms with Crippen LogP contribution < -0.4 is 10.2 Å². The molecule has 0 spiro atoms. The third-order valence-electron chi connectivity index (χ3n) is 14.5. The van der Waals surface area contributed by atoms with E-state index in [1.54, 1.807) is 0 Å². The number of aromatic nitrogens is 1. The lowest BCUT2D eigenvalue weighted by Crippen LogP contribution is -2.34. The first kappa shape index (κ1) is 41.3. The molecule has 0 saturated heterocycles. The standard InChI is InChI=1S/C67H49N3/c1-45-66-61(58-30-14-15-31-64(58)69(66)56-36-32-49(33-37-56)46-18-6-2-7-19-46)44-62-60-43-54(35-39-65(60)70(67(45)62)57-29-17-27-52(41-57)48-22-10-4-11-23-48)53-34-38-63(59(42-53)50-24-12-5-13-25-50)68-55-28-16-26-51(40-55)47-20-8-3-9-21-47/h2-45,66,68H,1H3. The molecule has 0 fully saturated rings. The van der Waals surface area contributed by atoms with Crippen LogP contribution in [0.2, 0.25) is 0 Å². The molecule has 1 aromatic heterocycles. The van der Waals surface area contributed by atoms with E-state index in [-0.39, 0.29) is 12.0 Å². The van der Waals surface area contributed by atoms with Crippen molar-refractivity contribution in [2.24, 2.45) is 0 Å². The van der Waals surface area contributed by atoms with Crippen LogP contribution in [0.5, 0.6) is 0 Å². The summed E-state index contributed by atoms with van der Waals surface area (Å²) >= 11 is 0. The van der Waals surface area contributed by atoms with Gasteiger partial charge in [0.15, 0.2) is 0 Å². The highest BCUT2D eigenvalue weighted by atomic mass is 15.2. The number of fused-ring (bicyclic) bond motifs is 6. The predicted octanol–water partition coefficient (Wildman–Crippen LogP) is 17.9. The lowest BCUT2D eigenvalue weighted by atomic mass is 9.82. The van der Waals surface area contributed by atoms with Gasteiger partial charge in [-0.3, -0.25) is 0 Å². The number of hydrogen-bond acceptors (Lipinski definition) is 2. The van der Waals surface area contributed by atoms with E-state index in [9.17, 15) is 0 Å². The van der Waals surface area contributed by atoms with E-state index in [2.05, 4.69) is 283 Å². The lowest BCUT2D eigenvalue weighted by Gasteiger charge is -2.36. The first-order chi connectivity index (χ1) is 34.6. The first-order valence-corrected chi connectivity index (χ1v) is 24.4. The Balaban J connectivity index is 0.962. The van der Waals surface area contributed by atoms with Gasteiger partial charge in [0.2, 0.25) is 0 Å². The topological polar surface area (TPSA) is 20.2 Å². The summed E-state index contributed by atoms with van der Waals surface area (Å²) in [6, 6.07) is 92.8. The molecule has 2 atom stereocenters. The molecule has 2 aliphatic rings. The zero-order valence-corrected chi connectivity index (χ0v) is 38.9. The van der Waals surface area contributed by atoms with E-state index < -0.39 is 0 Å². The van der Waals surface area contributed by atoms with Crippen molar-refractivity contribution in [2.75, 3.05) is 10.2 Å². The van der Waals surface area contributed by atoms with E-state index >= 15 is 0 Å². The molecule has 2 unspecified atom stereocenters. The van der Waals surface area contributed by atoms with Crippen LogP contribution >= 0.6 is 0 Å². The number of benzene rings is 10. The molecule has 3 heteroatoms. The normalized spacial score (nSPS) is 14.7. The molecule has 332 valence electrons. The molecule has 70 heavy (non-hydrogen) atoms. The minimum atomic E-state index is 0.0918. The van der Waals surface area contributed by atoms with Gasteiger partial charge in [0.1, 0.15) is 0 Å². The van der Waals surface area contributed by atoms with Crippen LogP contribution in [-0.2, 0) is 0 Å². The number of anilines is 4. The van der Waals surface area contributed by atoms with Crippen LogP contribution in [0.3, 0.4) is 0 Å². The fourth-order valence-corrected chi connectivity index (χ4v) is 11.2. The first-order valence-electron chi connectivity index (χ1n) is 24.4. The SMILES string of the molecule is CC1c2c(c3cc(-c4ccc(Nc5cccc(-c6ccccc6)c5)c(-c5ccccc5)c4)ccc3n2-c2cccc(-c3ccccc3)c2)C=C2c3ccccc3N(c3ccc(-c4ccccc4)cc3)C21. The Labute approximate surface area is 409 Å². The third kappa shape index (κ3) is 7.23. The Kier molecular flexibility index (Phi) is 10.2. The van der Waals surface area contributed by atoms with Crippen molar-refractivity contribution in [1.82, 2.24) is 4.57 Å². The monoisotopic (exact) mass is 895 g/mol. The van der Waals surface area contributed by atoms with E-state index in [0.29, 0.717) is 0 Å². The summed E-state index contributed by atoms with van der Waals surface area (Å²) in [6.45, 7) is 2.44. The van der Waals surface area contributed by atoms with Gasteiger partial charge in [-0.05, 0) is 128 Å². The van der Waals surface area contributed by atoms with E-state index in [0.717, 1.165) is 28.2 Å². The average Bonchev–Trinajstić information content (AvgIpc) is 3.95. The van der Waals surface area contributed by atoms with Gasteiger partial charge >= 0.3 is 0 Å². The quantitative estimate of drug-likeness (QED) is 0.156. The zero-order chi connectivity index (χ0) is 46.5. The maximum absolute atomic E-state index is 3.81. The van der Waals surface area contributed by atoms with E-state index in [1.165, 1.54) is 89.2 Å². The van der Waals surface area contributed by atoms with Crippen LogP contribution in [0.25, 0.3) is 83.9 Å². The molecule has 1 aliphatic heterocycles. The number of nitrogens with one attached hydrogen (secondary N) is 1. The molecule has 1 aliphatic carbocycles. The summed E-state index contributed by atoms with van der Waals surface area (Å²) in [7, 11) is 0.